The molecule has 202 valence electrons. The first-order valence-electron chi connectivity index (χ1n) is 13.8. The van der Waals surface area contributed by atoms with E-state index in [2.05, 4.69) is 83.9 Å². The topological polar surface area (TPSA) is 70.8 Å². The van der Waals surface area contributed by atoms with E-state index >= 15 is 0 Å². The summed E-state index contributed by atoms with van der Waals surface area (Å²) in [5.74, 6) is 0. The van der Waals surface area contributed by atoms with Crippen LogP contribution in [0.2, 0.25) is 0 Å². The zero-order chi connectivity index (χ0) is 27.0. The van der Waals surface area contributed by atoms with Gasteiger partial charge in [0.1, 0.15) is 6.61 Å². The molecule has 0 radical (unpaired) electrons. The van der Waals surface area contributed by atoms with Crippen molar-refractivity contribution < 1.29 is 9.53 Å². The van der Waals surface area contributed by atoms with Crippen LogP contribution in [-0.4, -0.2) is 47.7 Å². The maximum atomic E-state index is 13.0. The highest BCUT2D eigenvalue weighted by Crippen LogP contribution is 2.28. The number of hydrogen-bond acceptors (Lipinski definition) is 5. The van der Waals surface area contributed by atoms with Crippen molar-refractivity contribution in [2.45, 2.75) is 44.9 Å². The summed E-state index contributed by atoms with van der Waals surface area (Å²) in [5.41, 5.74) is 10.5. The third-order valence-electron chi connectivity index (χ3n) is 7.56. The van der Waals surface area contributed by atoms with Crippen molar-refractivity contribution in [2.24, 2.45) is 0 Å². The highest BCUT2D eigenvalue weighted by Gasteiger charge is 2.25. The van der Waals surface area contributed by atoms with Gasteiger partial charge in [-0.3, -0.25) is 4.90 Å². The third kappa shape index (κ3) is 7.09. The Morgan fingerprint density at radius 1 is 0.897 bits per heavy atom. The molecule has 6 nitrogen and oxygen atoms in total. The van der Waals surface area contributed by atoms with E-state index in [1.54, 1.807) is 0 Å². The van der Waals surface area contributed by atoms with Gasteiger partial charge in [-0.2, -0.15) is 0 Å². The quantitative estimate of drug-likeness (QED) is 0.245. The first-order chi connectivity index (χ1) is 19.0. The number of piperidine rings is 1. The first-order valence-corrected chi connectivity index (χ1v) is 13.8. The second-order valence-corrected chi connectivity index (χ2v) is 10.5. The standard InChI is InChI=1S/C33H38N4O2/c1-25(37(22-26-10-4-2-5-11-26)23-27-12-6-3-7-13-27)24-39-33(38)36-18-16-30(17-19-36)35-32-21-29-15-9-8-14-28(29)20-31(32)34/h2-15,20-21,25,30,35H,16-19,22-24,34H2,1H3. The fraction of sp³-hybridized carbons (Fsp3) is 0.303. The van der Waals surface area contributed by atoms with Crippen LogP contribution in [0.15, 0.2) is 97.1 Å². The molecule has 0 spiro atoms. The summed E-state index contributed by atoms with van der Waals surface area (Å²) in [4.78, 5) is 17.1. The van der Waals surface area contributed by atoms with Crippen molar-refractivity contribution in [1.29, 1.82) is 0 Å². The zero-order valence-corrected chi connectivity index (χ0v) is 22.6. The van der Waals surface area contributed by atoms with Gasteiger partial charge in [0.2, 0.25) is 0 Å². The van der Waals surface area contributed by atoms with E-state index in [-0.39, 0.29) is 18.2 Å². The van der Waals surface area contributed by atoms with Crippen LogP contribution in [0.1, 0.15) is 30.9 Å². The molecule has 1 fully saturated rings. The maximum absolute atomic E-state index is 13.0. The van der Waals surface area contributed by atoms with Crippen LogP contribution >= 0.6 is 0 Å². The molecule has 1 atom stereocenters. The molecule has 0 saturated carbocycles. The maximum Gasteiger partial charge on any atom is 0.409 e. The summed E-state index contributed by atoms with van der Waals surface area (Å²) < 4.78 is 5.83. The molecular weight excluding hydrogens is 484 g/mol. The Balaban J connectivity index is 1.13. The number of nitrogens with one attached hydrogen (secondary N) is 1. The molecule has 6 heteroatoms. The molecule has 1 saturated heterocycles. The van der Waals surface area contributed by atoms with E-state index in [1.165, 1.54) is 11.1 Å². The van der Waals surface area contributed by atoms with Gasteiger partial charge in [0.05, 0.1) is 11.4 Å². The van der Waals surface area contributed by atoms with E-state index in [4.69, 9.17) is 10.5 Å². The normalized spacial score (nSPS) is 14.9. The monoisotopic (exact) mass is 522 g/mol. The molecule has 39 heavy (non-hydrogen) atoms. The third-order valence-corrected chi connectivity index (χ3v) is 7.56. The van der Waals surface area contributed by atoms with Gasteiger partial charge in [0, 0.05) is 38.3 Å². The van der Waals surface area contributed by atoms with E-state index in [9.17, 15) is 4.79 Å². The van der Waals surface area contributed by atoms with Crippen LogP contribution in [0.5, 0.6) is 0 Å². The van der Waals surface area contributed by atoms with Crippen molar-refractivity contribution >= 4 is 28.2 Å². The molecule has 0 bridgehead atoms. The number of benzene rings is 4. The molecule has 1 unspecified atom stereocenters. The van der Waals surface area contributed by atoms with Crippen molar-refractivity contribution in [3.05, 3.63) is 108 Å². The molecular formula is C33H38N4O2. The Kier molecular flexibility index (Phi) is 8.64. The molecule has 1 aliphatic rings. The van der Waals surface area contributed by atoms with Crippen molar-refractivity contribution in [3.63, 3.8) is 0 Å². The Bertz CT molecular complexity index is 1310. The lowest BCUT2D eigenvalue weighted by atomic mass is 10.0. The van der Waals surface area contributed by atoms with Gasteiger partial charge in [-0.25, -0.2) is 4.79 Å². The lowest BCUT2D eigenvalue weighted by Gasteiger charge is -2.34. The number of carbonyl (C=O) groups is 1. The summed E-state index contributed by atoms with van der Waals surface area (Å²) in [6, 6.07) is 33.6. The van der Waals surface area contributed by atoms with E-state index in [1.807, 2.05) is 35.2 Å². The molecule has 4 aromatic carbocycles. The molecule has 0 aromatic heterocycles. The van der Waals surface area contributed by atoms with Crippen LogP contribution in [-0.2, 0) is 17.8 Å². The summed E-state index contributed by atoms with van der Waals surface area (Å²) in [7, 11) is 0. The van der Waals surface area contributed by atoms with Crippen LogP contribution in [0, 0.1) is 0 Å². The van der Waals surface area contributed by atoms with E-state index in [0.717, 1.165) is 48.1 Å². The van der Waals surface area contributed by atoms with Crippen molar-refractivity contribution in [3.8, 4) is 0 Å². The molecule has 3 N–H and O–H groups in total. The molecule has 1 aliphatic heterocycles. The Hall–Kier alpha value is -4.03. The lowest BCUT2D eigenvalue weighted by Crippen LogP contribution is -2.44. The van der Waals surface area contributed by atoms with E-state index < -0.39 is 0 Å². The largest absolute Gasteiger partial charge is 0.448 e. The summed E-state index contributed by atoms with van der Waals surface area (Å²) in [5, 5.41) is 5.90. The number of likely N-dealkylation sites (tertiary alicyclic amines) is 1. The fourth-order valence-corrected chi connectivity index (χ4v) is 5.20. The Morgan fingerprint density at radius 3 is 2.03 bits per heavy atom. The van der Waals surface area contributed by atoms with E-state index in [0.29, 0.717) is 19.7 Å². The number of nitrogens with two attached hydrogens (primary N) is 1. The highest BCUT2D eigenvalue weighted by molar-refractivity contribution is 5.91. The SMILES string of the molecule is CC(COC(=O)N1CCC(Nc2cc3ccccc3cc2N)CC1)N(Cc1ccccc1)Cc1ccccc1. The van der Waals surface area contributed by atoms with Gasteiger partial charge in [0.25, 0.3) is 0 Å². The molecule has 4 aromatic rings. The number of ether oxygens (including phenoxy) is 1. The summed E-state index contributed by atoms with van der Waals surface area (Å²) in [6.07, 6.45) is 1.47. The smallest absolute Gasteiger partial charge is 0.409 e. The van der Waals surface area contributed by atoms with Gasteiger partial charge in [0.15, 0.2) is 0 Å². The molecule has 0 aliphatic carbocycles. The van der Waals surface area contributed by atoms with Crippen LogP contribution in [0.25, 0.3) is 10.8 Å². The second kappa shape index (κ2) is 12.7. The number of amides is 1. The second-order valence-electron chi connectivity index (χ2n) is 10.5. The van der Waals surface area contributed by atoms with Crippen molar-refractivity contribution in [1.82, 2.24) is 9.80 Å². The minimum atomic E-state index is -0.232. The predicted octanol–water partition coefficient (Wildman–Crippen LogP) is 6.53. The average Bonchev–Trinajstić information content (AvgIpc) is 2.97. The number of hydrogen-bond donors (Lipinski definition) is 2. The number of carbonyl (C=O) groups excluding carboxylic acids is 1. The van der Waals surface area contributed by atoms with Gasteiger partial charge < -0.3 is 20.7 Å². The number of rotatable bonds is 9. The summed E-state index contributed by atoms with van der Waals surface area (Å²) >= 11 is 0. The minimum Gasteiger partial charge on any atom is -0.448 e. The van der Waals surface area contributed by atoms with Gasteiger partial charge >= 0.3 is 6.09 Å². The number of fused-ring (bicyclic) bond motifs is 1. The van der Waals surface area contributed by atoms with Crippen LogP contribution < -0.4 is 11.1 Å². The lowest BCUT2D eigenvalue weighted by molar-refractivity contribution is 0.0595. The van der Waals surface area contributed by atoms with Crippen molar-refractivity contribution in [2.75, 3.05) is 30.7 Å². The number of nitrogen functional groups attached to an aromatic ring is 1. The number of nitrogens with zero attached hydrogens (tertiary/aromatic N) is 2. The molecule has 1 heterocycles. The Morgan fingerprint density at radius 2 is 1.44 bits per heavy atom. The highest BCUT2D eigenvalue weighted by atomic mass is 16.6. The zero-order valence-electron chi connectivity index (χ0n) is 22.6. The van der Waals surface area contributed by atoms with Gasteiger partial charge in [-0.15, -0.1) is 0 Å². The predicted molar refractivity (Wildman–Crippen MR) is 160 cm³/mol. The first kappa shape index (κ1) is 26.6. The van der Waals surface area contributed by atoms with Crippen LogP contribution in [0.3, 0.4) is 0 Å². The molecule has 1 amide bonds. The average molecular weight is 523 g/mol. The summed E-state index contributed by atoms with van der Waals surface area (Å²) in [6.45, 7) is 5.40. The van der Waals surface area contributed by atoms with Crippen LogP contribution in [0.4, 0.5) is 16.2 Å². The fourth-order valence-electron chi connectivity index (χ4n) is 5.20. The van der Waals surface area contributed by atoms with Gasteiger partial charge in [-0.1, -0.05) is 84.9 Å². The Labute approximate surface area is 231 Å². The minimum absolute atomic E-state index is 0.0736. The van der Waals surface area contributed by atoms with Gasteiger partial charge in [-0.05, 0) is 53.8 Å². The number of anilines is 2. The molecule has 5 rings (SSSR count).